The van der Waals surface area contributed by atoms with Crippen LogP contribution in [-0.2, 0) is 11.3 Å². The molecule has 0 aromatic heterocycles. The minimum Gasteiger partial charge on any atom is -0.490 e. The molecule has 0 unspecified atom stereocenters. The van der Waals surface area contributed by atoms with Crippen LogP contribution in [0.5, 0.6) is 11.5 Å². The van der Waals surface area contributed by atoms with Crippen LogP contribution in [0.3, 0.4) is 0 Å². The van der Waals surface area contributed by atoms with Gasteiger partial charge in [0.2, 0.25) is 5.91 Å². The Morgan fingerprint density at radius 1 is 1.19 bits per heavy atom. The molecule has 2 aliphatic rings. The van der Waals surface area contributed by atoms with Crippen LogP contribution in [0.25, 0.3) is 0 Å². The molecule has 3 rings (SSSR count). The van der Waals surface area contributed by atoms with Gasteiger partial charge in [0, 0.05) is 18.9 Å². The minimum absolute atomic E-state index is 0.145. The first kappa shape index (κ1) is 14.2. The topological polar surface area (TPSA) is 59.6 Å². The quantitative estimate of drug-likeness (QED) is 0.885. The van der Waals surface area contributed by atoms with Crippen molar-refractivity contribution in [3.8, 4) is 11.5 Å². The summed E-state index contributed by atoms with van der Waals surface area (Å²) in [5.74, 6) is 1.87. The highest BCUT2D eigenvalue weighted by Gasteiger charge is 2.20. The number of carbonyl (C=O) groups excluding carboxylic acids is 1. The fourth-order valence-electron chi connectivity index (χ4n) is 2.74. The van der Waals surface area contributed by atoms with Crippen LogP contribution in [0.4, 0.5) is 0 Å². The van der Waals surface area contributed by atoms with Gasteiger partial charge >= 0.3 is 0 Å². The second-order valence-electron chi connectivity index (χ2n) is 5.57. The maximum absolute atomic E-state index is 12.1. The predicted molar refractivity (Wildman–Crippen MR) is 79.5 cm³/mol. The van der Waals surface area contributed by atoms with Gasteiger partial charge in [-0.15, -0.1) is 0 Å². The average molecular weight is 290 g/mol. The number of hydrogen-bond donors (Lipinski definition) is 2. The van der Waals surface area contributed by atoms with Crippen molar-refractivity contribution in [1.82, 2.24) is 10.6 Å². The lowest BCUT2D eigenvalue weighted by Gasteiger charge is -2.21. The molecule has 0 bridgehead atoms. The van der Waals surface area contributed by atoms with E-state index in [2.05, 4.69) is 10.6 Å². The maximum Gasteiger partial charge on any atom is 0.223 e. The second kappa shape index (κ2) is 6.80. The summed E-state index contributed by atoms with van der Waals surface area (Å²) in [5.41, 5.74) is 1.04. The third-order valence-corrected chi connectivity index (χ3v) is 3.99. The zero-order chi connectivity index (χ0) is 14.5. The number of hydrogen-bond acceptors (Lipinski definition) is 4. The van der Waals surface area contributed by atoms with Crippen molar-refractivity contribution in [2.75, 3.05) is 26.3 Å². The fourth-order valence-corrected chi connectivity index (χ4v) is 2.74. The van der Waals surface area contributed by atoms with Crippen LogP contribution in [-0.4, -0.2) is 32.2 Å². The standard InChI is InChI=1S/C16H22N2O3/c19-16(13-4-6-17-7-5-13)18-11-12-2-3-14-15(10-12)21-9-1-8-20-14/h2-3,10,13,17H,1,4-9,11H2,(H,18,19). The van der Waals surface area contributed by atoms with Gasteiger partial charge in [-0.2, -0.15) is 0 Å². The molecule has 1 fully saturated rings. The van der Waals surface area contributed by atoms with Crippen LogP contribution >= 0.6 is 0 Å². The van der Waals surface area contributed by atoms with Crippen molar-refractivity contribution in [2.24, 2.45) is 5.92 Å². The lowest BCUT2D eigenvalue weighted by atomic mass is 9.97. The first-order valence-electron chi connectivity index (χ1n) is 7.70. The number of nitrogens with one attached hydrogen (secondary N) is 2. The summed E-state index contributed by atoms with van der Waals surface area (Å²) >= 11 is 0. The highest BCUT2D eigenvalue weighted by Crippen LogP contribution is 2.30. The highest BCUT2D eigenvalue weighted by molar-refractivity contribution is 5.78. The third kappa shape index (κ3) is 3.67. The van der Waals surface area contributed by atoms with E-state index in [-0.39, 0.29) is 11.8 Å². The maximum atomic E-state index is 12.1. The molecule has 2 aliphatic heterocycles. The molecule has 2 heterocycles. The molecule has 114 valence electrons. The van der Waals surface area contributed by atoms with Crippen molar-refractivity contribution >= 4 is 5.91 Å². The predicted octanol–water partition coefficient (Wildman–Crippen LogP) is 1.46. The molecule has 2 N–H and O–H groups in total. The van der Waals surface area contributed by atoms with E-state index in [1.165, 1.54) is 0 Å². The van der Waals surface area contributed by atoms with Crippen molar-refractivity contribution in [1.29, 1.82) is 0 Å². The molecule has 0 spiro atoms. The summed E-state index contributed by atoms with van der Waals surface area (Å²) in [4.78, 5) is 12.1. The molecule has 21 heavy (non-hydrogen) atoms. The summed E-state index contributed by atoms with van der Waals surface area (Å²) in [6.45, 7) is 3.78. The number of carbonyl (C=O) groups is 1. The Hall–Kier alpha value is -1.75. The molecule has 1 amide bonds. The minimum atomic E-state index is 0.145. The van der Waals surface area contributed by atoms with Crippen LogP contribution in [0.15, 0.2) is 18.2 Å². The van der Waals surface area contributed by atoms with E-state index < -0.39 is 0 Å². The Kier molecular flexibility index (Phi) is 4.60. The number of piperidine rings is 1. The fraction of sp³-hybridized carbons (Fsp3) is 0.562. The molecule has 5 nitrogen and oxygen atoms in total. The van der Waals surface area contributed by atoms with E-state index in [1.807, 2.05) is 18.2 Å². The number of ether oxygens (including phenoxy) is 2. The summed E-state index contributed by atoms with van der Waals surface area (Å²) in [6.07, 6.45) is 2.75. The average Bonchev–Trinajstić information content (AvgIpc) is 2.78. The van der Waals surface area contributed by atoms with Crippen molar-refractivity contribution < 1.29 is 14.3 Å². The van der Waals surface area contributed by atoms with E-state index in [0.29, 0.717) is 19.8 Å². The van der Waals surface area contributed by atoms with Gasteiger partial charge in [-0.05, 0) is 43.6 Å². The first-order valence-corrected chi connectivity index (χ1v) is 7.70. The second-order valence-corrected chi connectivity index (χ2v) is 5.57. The number of rotatable bonds is 3. The van der Waals surface area contributed by atoms with Crippen molar-refractivity contribution in [3.05, 3.63) is 23.8 Å². The van der Waals surface area contributed by atoms with E-state index in [9.17, 15) is 4.79 Å². The largest absolute Gasteiger partial charge is 0.490 e. The molecule has 1 saturated heterocycles. The molecular formula is C16H22N2O3. The third-order valence-electron chi connectivity index (χ3n) is 3.99. The molecule has 0 radical (unpaired) electrons. The molecule has 0 atom stereocenters. The van der Waals surface area contributed by atoms with E-state index in [1.54, 1.807) is 0 Å². The molecule has 5 heteroatoms. The molecule has 0 saturated carbocycles. The van der Waals surface area contributed by atoms with Crippen LogP contribution in [0.2, 0.25) is 0 Å². The van der Waals surface area contributed by atoms with Crippen molar-refractivity contribution in [2.45, 2.75) is 25.8 Å². The zero-order valence-corrected chi connectivity index (χ0v) is 12.2. The number of amides is 1. The van der Waals surface area contributed by atoms with Gasteiger partial charge in [0.1, 0.15) is 0 Å². The van der Waals surface area contributed by atoms with Gasteiger partial charge in [-0.1, -0.05) is 6.07 Å². The first-order chi connectivity index (χ1) is 10.3. The number of fused-ring (bicyclic) bond motifs is 1. The zero-order valence-electron chi connectivity index (χ0n) is 12.2. The lowest BCUT2D eigenvalue weighted by Crippen LogP contribution is -2.37. The molecular weight excluding hydrogens is 268 g/mol. The Morgan fingerprint density at radius 2 is 1.95 bits per heavy atom. The molecule has 0 aliphatic carbocycles. The van der Waals surface area contributed by atoms with Gasteiger partial charge in [-0.3, -0.25) is 4.79 Å². The van der Waals surface area contributed by atoms with Crippen LogP contribution < -0.4 is 20.1 Å². The van der Waals surface area contributed by atoms with Gasteiger partial charge in [0.05, 0.1) is 13.2 Å². The van der Waals surface area contributed by atoms with E-state index >= 15 is 0 Å². The Balaban J connectivity index is 1.57. The van der Waals surface area contributed by atoms with E-state index in [4.69, 9.17) is 9.47 Å². The van der Waals surface area contributed by atoms with Gasteiger partial charge in [0.15, 0.2) is 11.5 Å². The monoisotopic (exact) mass is 290 g/mol. The summed E-state index contributed by atoms with van der Waals surface area (Å²) in [5, 5.41) is 6.30. The van der Waals surface area contributed by atoms with Crippen molar-refractivity contribution in [3.63, 3.8) is 0 Å². The van der Waals surface area contributed by atoms with Gasteiger partial charge < -0.3 is 20.1 Å². The van der Waals surface area contributed by atoms with Crippen LogP contribution in [0.1, 0.15) is 24.8 Å². The highest BCUT2D eigenvalue weighted by atomic mass is 16.5. The normalized spacial score (nSPS) is 18.9. The van der Waals surface area contributed by atoms with Gasteiger partial charge in [0.25, 0.3) is 0 Å². The Bertz CT molecular complexity index is 498. The molecule has 1 aromatic carbocycles. The summed E-state index contributed by atoms with van der Waals surface area (Å²) < 4.78 is 11.3. The Morgan fingerprint density at radius 3 is 2.76 bits per heavy atom. The number of benzene rings is 1. The Labute approximate surface area is 125 Å². The summed E-state index contributed by atoms with van der Waals surface area (Å²) in [7, 11) is 0. The molecule has 1 aromatic rings. The summed E-state index contributed by atoms with van der Waals surface area (Å²) in [6, 6.07) is 5.87. The lowest BCUT2D eigenvalue weighted by molar-refractivity contribution is -0.125. The van der Waals surface area contributed by atoms with Gasteiger partial charge in [-0.25, -0.2) is 0 Å². The van der Waals surface area contributed by atoms with E-state index in [0.717, 1.165) is 49.4 Å². The smallest absolute Gasteiger partial charge is 0.223 e. The van der Waals surface area contributed by atoms with Crippen LogP contribution in [0, 0.1) is 5.92 Å². The SMILES string of the molecule is O=C(NCc1ccc2c(c1)OCCCO2)C1CCNCC1.